The second-order valence-corrected chi connectivity index (χ2v) is 6.83. The molecule has 4 rings (SSSR count). The van der Waals surface area contributed by atoms with E-state index in [4.69, 9.17) is 11.6 Å². The Morgan fingerprint density at radius 2 is 2.08 bits per heavy atom. The van der Waals surface area contributed by atoms with E-state index in [1.54, 1.807) is 0 Å². The Morgan fingerprint density at radius 1 is 1.17 bits per heavy atom. The molecule has 1 unspecified atom stereocenters. The quantitative estimate of drug-likeness (QED) is 0.780. The summed E-state index contributed by atoms with van der Waals surface area (Å²) in [4.78, 5) is 6.72. The molecule has 0 spiro atoms. The van der Waals surface area contributed by atoms with Crippen LogP contribution in [0.25, 0.3) is 22.0 Å². The Kier molecular flexibility index (Phi) is 4.23. The first-order valence-electron chi connectivity index (χ1n) is 8.23. The highest BCUT2D eigenvalue weighted by atomic mass is 35.5. The van der Waals surface area contributed by atoms with Crippen LogP contribution in [-0.2, 0) is 6.54 Å². The summed E-state index contributed by atoms with van der Waals surface area (Å²) < 4.78 is 0. The lowest BCUT2D eigenvalue weighted by Gasteiger charge is -2.16. The van der Waals surface area contributed by atoms with Crippen LogP contribution in [0.5, 0.6) is 0 Å². The van der Waals surface area contributed by atoms with Gasteiger partial charge in [0.2, 0.25) is 0 Å². The summed E-state index contributed by atoms with van der Waals surface area (Å²) in [6, 6.07) is 16.5. The molecule has 1 fully saturated rings. The Balaban J connectivity index is 1.68. The molecule has 1 atom stereocenters. The molecule has 0 bridgehead atoms. The first-order valence-corrected chi connectivity index (χ1v) is 8.61. The smallest absolute Gasteiger partial charge is 0.0723 e. The van der Waals surface area contributed by atoms with E-state index in [0.717, 1.165) is 37.0 Å². The number of aliphatic hydroxyl groups is 1. The van der Waals surface area contributed by atoms with Crippen LogP contribution in [0.2, 0.25) is 5.02 Å². The minimum atomic E-state index is -0.179. The molecule has 0 amide bonds. The van der Waals surface area contributed by atoms with Gasteiger partial charge in [-0.25, -0.2) is 0 Å². The minimum absolute atomic E-state index is 0.179. The normalized spacial score (nSPS) is 18.3. The van der Waals surface area contributed by atoms with E-state index in [1.807, 2.05) is 24.4 Å². The molecular formula is C20H19ClN2O. The van der Waals surface area contributed by atoms with Crippen LogP contribution in [0.15, 0.2) is 54.7 Å². The van der Waals surface area contributed by atoms with E-state index in [1.165, 1.54) is 16.7 Å². The molecule has 0 aliphatic carbocycles. The molecule has 1 aliphatic heterocycles. The molecule has 0 saturated carbocycles. The summed E-state index contributed by atoms with van der Waals surface area (Å²) in [6.07, 6.45) is 2.52. The predicted octanol–water partition coefficient (Wildman–Crippen LogP) is 4.12. The van der Waals surface area contributed by atoms with Gasteiger partial charge >= 0.3 is 0 Å². The van der Waals surface area contributed by atoms with Crippen LogP contribution in [0, 0.1) is 0 Å². The largest absolute Gasteiger partial charge is 0.392 e. The SMILES string of the molecule is OC1CCN(Cc2cccc(-c3ccnc4cc(Cl)ccc34)c2)C1. The van der Waals surface area contributed by atoms with Gasteiger partial charge in [0, 0.05) is 36.2 Å². The van der Waals surface area contributed by atoms with E-state index in [-0.39, 0.29) is 6.10 Å². The van der Waals surface area contributed by atoms with Crippen molar-refractivity contribution in [3.8, 4) is 11.1 Å². The van der Waals surface area contributed by atoms with Gasteiger partial charge in [-0.15, -0.1) is 0 Å². The average molecular weight is 339 g/mol. The Morgan fingerprint density at radius 3 is 2.92 bits per heavy atom. The van der Waals surface area contributed by atoms with Gasteiger partial charge in [-0.3, -0.25) is 9.88 Å². The fourth-order valence-electron chi connectivity index (χ4n) is 3.42. The molecule has 2 heterocycles. The maximum atomic E-state index is 9.69. The molecule has 0 radical (unpaired) electrons. The molecule has 1 aromatic heterocycles. The minimum Gasteiger partial charge on any atom is -0.392 e. The third kappa shape index (κ3) is 3.16. The van der Waals surface area contributed by atoms with Gasteiger partial charge in [-0.05, 0) is 47.4 Å². The summed E-state index contributed by atoms with van der Waals surface area (Å²) in [5.41, 5.74) is 4.52. The van der Waals surface area contributed by atoms with Crippen LogP contribution in [0.1, 0.15) is 12.0 Å². The first kappa shape index (κ1) is 15.6. The zero-order chi connectivity index (χ0) is 16.5. The van der Waals surface area contributed by atoms with Gasteiger partial charge in [0.25, 0.3) is 0 Å². The number of nitrogens with zero attached hydrogens (tertiary/aromatic N) is 2. The molecule has 3 aromatic rings. The van der Waals surface area contributed by atoms with Crippen LogP contribution >= 0.6 is 11.6 Å². The first-order chi connectivity index (χ1) is 11.7. The van der Waals surface area contributed by atoms with Crippen molar-refractivity contribution in [2.75, 3.05) is 13.1 Å². The molecule has 3 nitrogen and oxygen atoms in total. The Hall–Kier alpha value is -1.94. The summed E-state index contributed by atoms with van der Waals surface area (Å²) >= 11 is 6.08. The zero-order valence-electron chi connectivity index (χ0n) is 13.3. The van der Waals surface area contributed by atoms with Crippen LogP contribution in [-0.4, -0.2) is 34.2 Å². The van der Waals surface area contributed by atoms with Crippen LogP contribution in [0.3, 0.4) is 0 Å². The Labute approximate surface area is 146 Å². The lowest BCUT2D eigenvalue weighted by Crippen LogP contribution is -2.21. The van der Waals surface area contributed by atoms with Crippen molar-refractivity contribution in [3.63, 3.8) is 0 Å². The molecule has 122 valence electrons. The van der Waals surface area contributed by atoms with E-state index in [9.17, 15) is 5.11 Å². The lowest BCUT2D eigenvalue weighted by molar-refractivity contribution is 0.175. The number of rotatable bonds is 3. The Bertz CT molecular complexity index is 880. The predicted molar refractivity (Wildman–Crippen MR) is 98.1 cm³/mol. The van der Waals surface area contributed by atoms with Crippen molar-refractivity contribution < 1.29 is 5.11 Å². The second kappa shape index (κ2) is 6.52. The number of aliphatic hydroxyl groups excluding tert-OH is 1. The molecule has 4 heteroatoms. The molecule has 1 aliphatic rings. The number of pyridine rings is 1. The number of β-amino-alcohol motifs (C(OH)–C–C–N with tert-alkyl or cyclic N) is 1. The van der Waals surface area contributed by atoms with Gasteiger partial charge in [0.1, 0.15) is 0 Å². The average Bonchev–Trinajstić information content (AvgIpc) is 2.99. The van der Waals surface area contributed by atoms with Crippen molar-refractivity contribution in [2.45, 2.75) is 19.1 Å². The second-order valence-electron chi connectivity index (χ2n) is 6.40. The maximum absolute atomic E-state index is 9.69. The van der Waals surface area contributed by atoms with Gasteiger partial charge in [0.05, 0.1) is 11.6 Å². The van der Waals surface area contributed by atoms with E-state index >= 15 is 0 Å². The topological polar surface area (TPSA) is 36.4 Å². The summed E-state index contributed by atoms with van der Waals surface area (Å²) in [5, 5.41) is 11.5. The molecule has 2 aromatic carbocycles. The monoisotopic (exact) mass is 338 g/mol. The third-order valence-corrected chi connectivity index (χ3v) is 4.83. The fourth-order valence-corrected chi connectivity index (χ4v) is 3.59. The summed E-state index contributed by atoms with van der Waals surface area (Å²) in [7, 11) is 0. The van der Waals surface area contributed by atoms with Crippen LogP contribution in [0.4, 0.5) is 0 Å². The van der Waals surface area contributed by atoms with Gasteiger partial charge < -0.3 is 5.11 Å². The highest BCUT2D eigenvalue weighted by Crippen LogP contribution is 2.30. The van der Waals surface area contributed by atoms with Crippen molar-refractivity contribution in [3.05, 3.63) is 65.3 Å². The summed E-state index contributed by atoms with van der Waals surface area (Å²) in [6.45, 7) is 2.60. The van der Waals surface area contributed by atoms with E-state index in [0.29, 0.717) is 5.02 Å². The highest BCUT2D eigenvalue weighted by Gasteiger charge is 2.20. The standard InChI is InChI=1S/C20H19ClN2O/c21-16-4-5-19-18(6-8-22-20(19)11-16)15-3-1-2-14(10-15)12-23-9-7-17(24)13-23/h1-6,8,10-11,17,24H,7,9,12-13H2. The fraction of sp³-hybridized carbons (Fsp3) is 0.250. The van der Waals surface area contributed by atoms with Crippen LogP contribution < -0.4 is 0 Å². The summed E-state index contributed by atoms with van der Waals surface area (Å²) in [5.74, 6) is 0. The molecule has 24 heavy (non-hydrogen) atoms. The number of aromatic nitrogens is 1. The number of likely N-dealkylation sites (tertiary alicyclic amines) is 1. The molecular weight excluding hydrogens is 320 g/mol. The van der Waals surface area contributed by atoms with E-state index < -0.39 is 0 Å². The number of hydrogen-bond acceptors (Lipinski definition) is 3. The molecule has 1 N–H and O–H groups in total. The number of halogens is 1. The van der Waals surface area contributed by atoms with Crippen molar-refractivity contribution in [1.82, 2.24) is 9.88 Å². The number of hydrogen-bond donors (Lipinski definition) is 1. The van der Waals surface area contributed by atoms with Crippen molar-refractivity contribution >= 4 is 22.5 Å². The van der Waals surface area contributed by atoms with Crippen molar-refractivity contribution in [1.29, 1.82) is 0 Å². The maximum Gasteiger partial charge on any atom is 0.0723 e. The van der Waals surface area contributed by atoms with Crippen molar-refractivity contribution in [2.24, 2.45) is 0 Å². The highest BCUT2D eigenvalue weighted by molar-refractivity contribution is 6.31. The van der Waals surface area contributed by atoms with Gasteiger partial charge in [-0.2, -0.15) is 0 Å². The zero-order valence-corrected chi connectivity index (χ0v) is 14.1. The number of benzene rings is 2. The van der Waals surface area contributed by atoms with E-state index in [2.05, 4.69) is 40.2 Å². The van der Waals surface area contributed by atoms with Gasteiger partial charge in [-0.1, -0.05) is 35.9 Å². The lowest BCUT2D eigenvalue weighted by atomic mass is 9.99. The number of fused-ring (bicyclic) bond motifs is 1. The van der Waals surface area contributed by atoms with Gasteiger partial charge in [0.15, 0.2) is 0 Å². The third-order valence-electron chi connectivity index (χ3n) is 4.60. The molecule has 1 saturated heterocycles.